The van der Waals surface area contributed by atoms with Gasteiger partial charge in [0.05, 0.1) is 25.6 Å². The van der Waals surface area contributed by atoms with Crippen molar-refractivity contribution < 1.29 is 19.1 Å². The molecule has 28 heavy (non-hydrogen) atoms. The van der Waals surface area contributed by atoms with E-state index in [1.54, 1.807) is 17.8 Å². The zero-order valence-corrected chi connectivity index (χ0v) is 16.7. The molecule has 9 heteroatoms. The number of hydrogen-bond donors (Lipinski definition) is 0. The topological polar surface area (TPSA) is 88.2 Å². The average Bonchev–Trinajstić information content (AvgIpc) is 3.24. The van der Waals surface area contributed by atoms with Crippen LogP contribution >= 0.6 is 15.9 Å². The van der Waals surface area contributed by atoms with Crippen molar-refractivity contribution in [2.24, 2.45) is 0 Å². The lowest BCUT2D eigenvalue weighted by Crippen LogP contribution is -2.19. The van der Waals surface area contributed by atoms with E-state index in [2.05, 4.69) is 26.1 Å². The summed E-state index contributed by atoms with van der Waals surface area (Å²) in [6.45, 7) is 2.03. The van der Waals surface area contributed by atoms with Gasteiger partial charge in [0.2, 0.25) is 0 Å². The second-order valence-electron chi connectivity index (χ2n) is 6.42. The third-order valence-corrected chi connectivity index (χ3v) is 4.87. The summed E-state index contributed by atoms with van der Waals surface area (Å²) in [5.74, 6) is -0.559. The number of rotatable bonds is 3. The molecule has 0 radical (unpaired) electrons. The van der Waals surface area contributed by atoms with Gasteiger partial charge < -0.3 is 9.47 Å². The molecular weight excluding hydrogens is 428 g/mol. The second kappa shape index (κ2) is 7.59. The number of ether oxygens (including phenoxy) is 2. The molecule has 1 aromatic carbocycles. The molecule has 0 N–H and O–H groups in total. The predicted octanol–water partition coefficient (Wildman–Crippen LogP) is 3.07. The summed E-state index contributed by atoms with van der Waals surface area (Å²) >= 11 is 3.47. The van der Waals surface area contributed by atoms with Crippen molar-refractivity contribution in [2.75, 3.05) is 0 Å². The summed E-state index contributed by atoms with van der Waals surface area (Å²) in [5.41, 5.74) is 3.15. The number of fused-ring (bicyclic) bond motifs is 2. The fourth-order valence-corrected chi connectivity index (χ4v) is 3.40. The second-order valence-corrected chi connectivity index (χ2v) is 7.33. The van der Waals surface area contributed by atoms with E-state index >= 15 is 0 Å². The Kier molecular flexibility index (Phi) is 4.99. The lowest BCUT2D eigenvalue weighted by Gasteiger charge is -2.12. The monoisotopic (exact) mass is 444 g/mol. The van der Waals surface area contributed by atoms with Gasteiger partial charge in [-0.2, -0.15) is 10.2 Å². The van der Waals surface area contributed by atoms with Crippen molar-refractivity contribution in [3.05, 3.63) is 52.5 Å². The fraction of sp³-hybridized carbons (Fsp3) is 0.263. The molecule has 0 unspecified atom stereocenters. The molecule has 1 aliphatic rings. The molecule has 2 aromatic heterocycles. The van der Waals surface area contributed by atoms with Gasteiger partial charge in [-0.3, -0.25) is 14.3 Å². The van der Waals surface area contributed by atoms with E-state index in [4.69, 9.17) is 9.47 Å². The number of aryl methyl sites for hydroxylation is 1. The first kappa shape index (κ1) is 18.4. The van der Waals surface area contributed by atoms with Gasteiger partial charge in [-0.15, -0.1) is 0 Å². The van der Waals surface area contributed by atoms with Crippen molar-refractivity contribution in [1.82, 2.24) is 19.6 Å². The zero-order chi connectivity index (χ0) is 19.7. The molecule has 3 heterocycles. The molecule has 0 saturated carbocycles. The van der Waals surface area contributed by atoms with Crippen LogP contribution < -0.4 is 4.74 Å². The van der Waals surface area contributed by atoms with Gasteiger partial charge in [0.1, 0.15) is 11.4 Å². The van der Waals surface area contributed by atoms with Crippen LogP contribution in [0.2, 0.25) is 0 Å². The molecule has 2 bridgehead atoms. The summed E-state index contributed by atoms with van der Waals surface area (Å²) in [5, 5.41) is 8.76. The minimum absolute atomic E-state index is 0.0104. The Morgan fingerprint density at radius 1 is 1.18 bits per heavy atom. The fourth-order valence-electron chi connectivity index (χ4n) is 3.00. The van der Waals surface area contributed by atoms with Gasteiger partial charge >= 0.3 is 11.9 Å². The third kappa shape index (κ3) is 3.84. The largest absolute Gasteiger partial charge is 0.442 e. The van der Waals surface area contributed by atoms with Gasteiger partial charge in [-0.1, -0.05) is 28.1 Å². The van der Waals surface area contributed by atoms with Crippen molar-refractivity contribution in [2.45, 2.75) is 33.0 Å². The first-order chi connectivity index (χ1) is 13.5. The highest BCUT2D eigenvalue weighted by Gasteiger charge is 2.23. The average molecular weight is 445 g/mol. The minimum atomic E-state index is -0.488. The third-order valence-electron chi connectivity index (χ3n) is 4.37. The number of nitrogens with zero attached hydrogens (tertiary/aromatic N) is 4. The van der Waals surface area contributed by atoms with E-state index in [1.165, 1.54) is 4.68 Å². The molecule has 0 spiro atoms. The van der Waals surface area contributed by atoms with Gasteiger partial charge in [0, 0.05) is 16.2 Å². The van der Waals surface area contributed by atoms with Gasteiger partial charge in [0.15, 0.2) is 12.5 Å². The molecule has 3 aromatic rings. The Labute approximate surface area is 169 Å². The Bertz CT molecular complexity index is 1060. The molecule has 144 valence electrons. The van der Waals surface area contributed by atoms with Crippen LogP contribution in [0.4, 0.5) is 0 Å². The first-order valence-corrected chi connectivity index (χ1v) is 9.50. The number of carbonyl (C=O) groups excluding carboxylic acids is 2. The summed E-state index contributed by atoms with van der Waals surface area (Å²) in [4.78, 5) is 23.7. The highest BCUT2D eigenvalue weighted by molar-refractivity contribution is 9.10. The van der Waals surface area contributed by atoms with Crippen molar-refractivity contribution >= 4 is 27.9 Å². The summed E-state index contributed by atoms with van der Waals surface area (Å²) in [6, 6.07) is 7.92. The molecule has 0 amide bonds. The minimum Gasteiger partial charge on any atom is -0.442 e. The van der Waals surface area contributed by atoms with Crippen LogP contribution in [0.15, 0.2) is 41.1 Å². The molecule has 0 fully saturated rings. The highest BCUT2D eigenvalue weighted by Crippen LogP contribution is 2.27. The quantitative estimate of drug-likeness (QED) is 0.576. The summed E-state index contributed by atoms with van der Waals surface area (Å²) in [6.07, 6.45) is 3.63. The standard InChI is InChI=1S/C19H17BrN4O4/c1-12-19-16(24(22-12)11-27-17(25)5-6-18(26)28-19)10-23-9-14(8-21-23)13-3-2-4-15(20)7-13/h2-4,7-9H,5-6,10-11H2,1H3. The van der Waals surface area contributed by atoms with Crippen LogP contribution in [-0.2, 0) is 27.6 Å². The molecule has 8 nitrogen and oxygen atoms in total. The number of benzene rings is 1. The maximum Gasteiger partial charge on any atom is 0.311 e. The van der Waals surface area contributed by atoms with E-state index in [0.717, 1.165) is 15.6 Å². The Morgan fingerprint density at radius 3 is 2.82 bits per heavy atom. The molecule has 0 atom stereocenters. The zero-order valence-electron chi connectivity index (χ0n) is 15.1. The summed E-state index contributed by atoms with van der Waals surface area (Å²) < 4.78 is 14.9. The highest BCUT2D eigenvalue weighted by atomic mass is 79.9. The van der Waals surface area contributed by atoms with E-state index in [1.807, 2.05) is 30.5 Å². The van der Waals surface area contributed by atoms with Gasteiger partial charge in [-0.05, 0) is 24.6 Å². The predicted molar refractivity (Wildman–Crippen MR) is 102 cm³/mol. The maximum absolute atomic E-state index is 12.0. The van der Waals surface area contributed by atoms with Crippen LogP contribution in [0.1, 0.15) is 24.2 Å². The van der Waals surface area contributed by atoms with Crippen LogP contribution in [0.25, 0.3) is 11.1 Å². The smallest absolute Gasteiger partial charge is 0.311 e. The maximum atomic E-state index is 12.0. The van der Waals surface area contributed by atoms with E-state index < -0.39 is 11.9 Å². The van der Waals surface area contributed by atoms with Crippen LogP contribution in [0.5, 0.6) is 5.75 Å². The van der Waals surface area contributed by atoms with E-state index in [0.29, 0.717) is 23.7 Å². The number of cyclic esters (lactones) is 1. The van der Waals surface area contributed by atoms with Crippen LogP contribution in [0, 0.1) is 6.92 Å². The first-order valence-electron chi connectivity index (χ1n) is 8.70. The van der Waals surface area contributed by atoms with Gasteiger partial charge in [0.25, 0.3) is 0 Å². The molecule has 0 saturated heterocycles. The SMILES string of the molecule is Cc1nn2c(Cn3cc(-c4cccc(Br)c4)cn3)c1OC(=O)CCC(=O)OC2. The molecule has 1 aliphatic heterocycles. The number of hydrogen-bond acceptors (Lipinski definition) is 6. The molecule has 0 aliphatic carbocycles. The normalized spacial score (nSPS) is 14.5. The van der Waals surface area contributed by atoms with E-state index in [-0.39, 0.29) is 19.6 Å². The van der Waals surface area contributed by atoms with E-state index in [9.17, 15) is 9.59 Å². The van der Waals surface area contributed by atoms with Crippen LogP contribution in [-0.4, -0.2) is 31.5 Å². The number of esters is 2. The number of carbonyl (C=O) groups is 2. The van der Waals surface area contributed by atoms with Gasteiger partial charge in [-0.25, -0.2) is 4.68 Å². The Morgan fingerprint density at radius 2 is 2.00 bits per heavy atom. The summed E-state index contributed by atoms with van der Waals surface area (Å²) in [7, 11) is 0. The number of aromatic nitrogens is 4. The Balaban J connectivity index is 1.65. The lowest BCUT2D eigenvalue weighted by atomic mass is 10.1. The van der Waals surface area contributed by atoms with Crippen molar-refractivity contribution in [3.63, 3.8) is 0 Å². The van der Waals surface area contributed by atoms with Crippen LogP contribution in [0.3, 0.4) is 0 Å². The molecule has 4 rings (SSSR count). The Hall–Kier alpha value is -2.94. The van der Waals surface area contributed by atoms with Crippen molar-refractivity contribution in [3.8, 4) is 16.9 Å². The van der Waals surface area contributed by atoms with Crippen molar-refractivity contribution in [1.29, 1.82) is 0 Å². The number of halogens is 1. The lowest BCUT2D eigenvalue weighted by molar-refractivity contribution is -0.150. The molecular formula is C19H17BrN4O4.